The highest BCUT2D eigenvalue weighted by atomic mass is 19.1. The Hall–Kier alpha value is -1.76. The van der Waals surface area contributed by atoms with Crippen molar-refractivity contribution in [2.75, 3.05) is 19.8 Å². The van der Waals surface area contributed by atoms with Crippen LogP contribution in [0.5, 0.6) is 0 Å². The number of halogens is 1. The van der Waals surface area contributed by atoms with Gasteiger partial charge in [0.15, 0.2) is 0 Å². The van der Waals surface area contributed by atoms with Gasteiger partial charge in [-0.05, 0) is 30.5 Å². The maximum Gasteiger partial charge on any atom is 0.128 e. The number of benzene rings is 1. The van der Waals surface area contributed by atoms with Crippen molar-refractivity contribution in [2.45, 2.75) is 38.0 Å². The van der Waals surface area contributed by atoms with E-state index in [-0.39, 0.29) is 18.0 Å². The fraction of sp³-hybridized carbons (Fsp3) is 0.500. The van der Waals surface area contributed by atoms with Crippen LogP contribution in [-0.2, 0) is 29.8 Å². The molecule has 0 unspecified atom stereocenters. The number of hydrogen-bond acceptors (Lipinski definition) is 4. The van der Waals surface area contributed by atoms with Crippen molar-refractivity contribution < 1.29 is 14.2 Å². The second kappa shape index (κ2) is 6.27. The van der Waals surface area contributed by atoms with E-state index in [0.717, 1.165) is 50.3 Å². The molecular weight excluding hydrogens is 309 g/mol. The minimum atomic E-state index is -0.246. The predicted octanol–water partition coefficient (Wildman–Crippen LogP) is 1.71. The highest BCUT2D eigenvalue weighted by Gasteiger charge is 2.40. The first-order chi connectivity index (χ1) is 11.7. The molecule has 0 radical (unpaired) electrons. The Balaban J connectivity index is 1.67. The van der Waals surface area contributed by atoms with Gasteiger partial charge >= 0.3 is 0 Å². The van der Waals surface area contributed by atoms with Crippen molar-refractivity contribution in [1.29, 1.82) is 0 Å². The van der Waals surface area contributed by atoms with Crippen LogP contribution >= 0.6 is 0 Å². The molecular formula is C18H22FN3O2. The van der Waals surface area contributed by atoms with E-state index >= 15 is 0 Å². The SMILES string of the molecule is OCc1ccc(F)c(Cn2cnc3c2CCNC32CCOCC2)c1. The van der Waals surface area contributed by atoms with Gasteiger partial charge in [-0.2, -0.15) is 0 Å². The van der Waals surface area contributed by atoms with Crippen molar-refractivity contribution in [2.24, 2.45) is 0 Å². The van der Waals surface area contributed by atoms with Crippen molar-refractivity contribution in [1.82, 2.24) is 14.9 Å². The Morgan fingerprint density at radius 2 is 2.17 bits per heavy atom. The van der Waals surface area contributed by atoms with Crippen LogP contribution in [0, 0.1) is 5.82 Å². The van der Waals surface area contributed by atoms with Gasteiger partial charge in [0.2, 0.25) is 0 Å². The molecule has 24 heavy (non-hydrogen) atoms. The number of aliphatic hydroxyl groups is 1. The molecule has 2 aliphatic heterocycles. The summed E-state index contributed by atoms with van der Waals surface area (Å²) < 4.78 is 21.7. The zero-order valence-corrected chi connectivity index (χ0v) is 13.6. The molecule has 0 atom stereocenters. The van der Waals surface area contributed by atoms with Crippen LogP contribution in [0.25, 0.3) is 0 Å². The third-order valence-corrected chi connectivity index (χ3v) is 5.20. The summed E-state index contributed by atoms with van der Waals surface area (Å²) in [7, 11) is 0. The molecule has 0 aliphatic carbocycles. The topological polar surface area (TPSA) is 59.3 Å². The van der Waals surface area contributed by atoms with Crippen molar-refractivity contribution in [3.8, 4) is 0 Å². The molecule has 128 valence electrons. The number of aliphatic hydroxyl groups excluding tert-OH is 1. The molecule has 1 saturated heterocycles. The van der Waals surface area contributed by atoms with E-state index in [1.165, 1.54) is 11.8 Å². The first-order valence-electron chi connectivity index (χ1n) is 8.47. The summed E-state index contributed by atoms with van der Waals surface area (Å²) in [5, 5.41) is 12.9. The zero-order valence-electron chi connectivity index (χ0n) is 13.6. The fourth-order valence-electron chi connectivity index (χ4n) is 3.87. The van der Waals surface area contributed by atoms with Crippen molar-refractivity contribution >= 4 is 0 Å². The highest BCUT2D eigenvalue weighted by Crippen LogP contribution is 2.36. The molecule has 1 spiro atoms. The number of rotatable bonds is 3. The lowest BCUT2D eigenvalue weighted by molar-refractivity contribution is 0.0322. The lowest BCUT2D eigenvalue weighted by Gasteiger charge is -2.40. The summed E-state index contributed by atoms with van der Waals surface area (Å²) in [4.78, 5) is 4.68. The standard InChI is InChI=1S/C18H22FN3O2/c19-15-2-1-13(11-23)9-14(15)10-22-12-20-17-16(22)3-6-21-18(17)4-7-24-8-5-18/h1-2,9,12,21,23H,3-8,10-11H2. The lowest BCUT2D eigenvalue weighted by Crippen LogP contribution is -2.51. The summed E-state index contributed by atoms with van der Waals surface area (Å²) in [6.45, 7) is 2.74. The van der Waals surface area contributed by atoms with Gasteiger partial charge in [-0.3, -0.25) is 0 Å². The number of aromatic nitrogens is 2. The summed E-state index contributed by atoms with van der Waals surface area (Å²) >= 11 is 0. The summed E-state index contributed by atoms with van der Waals surface area (Å²) in [6, 6.07) is 4.77. The molecule has 2 aromatic rings. The van der Waals surface area contributed by atoms with Crippen LogP contribution in [0.3, 0.4) is 0 Å². The summed E-state index contributed by atoms with van der Waals surface area (Å²) in [6.07, 6.45) is 4.55. The van der Waals surface area contributed by atoms with Gasteiger partial charge in [-0.1, -0.05) is 6.07 Å². The number of imidazole rings is 1. The quantitative estimate of drug-likeness (QED) is 0.899. The number of nitrogens with one attached hydrogen (secondary N) is 1. The third kappa shape index (κ3) is 2.64. The third-order valence-electron chi connectivity index (χ3n) is 5.20. The summed E-state index contributed by atoms with van der Waals surface area (Å²) in [5.41, 5.74) is 3.49. The van der Waals surface area contributed by atoms with Crippen molar-refractivity contribution in [3.63, 3.8) is 0 Å². The first-order valence-corrected chi connectivity index (χ1v) is 8.47. The number of nitrogens with zero attached hydrogens (tertiary/aromatic N) is 2. The first kappa shape index (κ1) is 15.7. The van der Waals surface area contributed by atoms with Gasteiger partial charge in [-0.25, -0.2) is 9.37 Å². The predicted molar refractivity (Wildman–Crippen MR) is 87.1 cm³/mol. The van der Waals surface area contributed by atoms with Gasteiger partial charge < -0.3 is 19.7 Å². The minimum absolute atomic E-state index is 0.0810. The molecule has 0 saturated carbocycles. The monoisotopic (exact) mass is 331 g/mol. The molecule has 1 aromatic carbocycles. The second-order valence-electron chi connectivity index (χ2n) is 6.62. The Labute approximate surface area is 140 Å². The molecule has 0 bridgehead atoms. The second-order valence-corrected chi connectivity index (χ2v) is 6.62. The van der Waals surface area contributed by atoms with Gasteiger partial charge in [0.05, 0.1) is 30.7 Å². The largest absolute Gasteiger partial charge is 0.392 e. The van der Waals surface area contributed by atoms with Crippen molar-refractivity contribution in [3.05, 3.63) is 52.9 Å². The molecule has 2 aliphatic rings. The molecule has 4 rings (SSSR count). The zero-order chi connectivity index (χ0) is 16.6. The molecule has 6 heteroatoms. The maximum atomic E-state index is 14.1. The normalized spacial score (nSPS) is 19.4. The Kier molecular flexibility index (Phi) is 4.12. The van der Waals surface area contributed by atoms with Crippen LogP contribution in [0.4, 0.5) is 4.39 Å². The van der Waals surface area contributed by atoms with E-state index < -0.39 is 0 Å². The van der Waals surface area contributed by atoms with E-state index in [4.69, 9.17) is 4.74 Å². The molecule has 1 aromatic heterocycles. The maximum absolute atomic E-state index is 14.1. The molecule has 2 N–H and O–H groups in total. The van der Waals surface area contributed by atoms with Crippen LogP contribution in [0.2, 0.25) is 0 Å². The van der Waals surface area contributed by atoms with Crippen LogP contribution in [0.15, 0.2) is 24.5 Å². The van der Waals surface area contributed by atoms with E-state index in [2.05, 4.69) is 10.3 Å². The van der Waals surface area contributed by atoms with E-state index in [0.29, 0.717) is 12.1 Å². The fourth-order valence-corrected chi connectivity index (χ4v) is 3.87. The van der Waals surface area contributed by atoms with Crippen LogP contribution < -0.4 is 5.32 Å². The molecule has 5 nitrogen and oxygen atoms in total. The molecule has 3 heterocycles. The molecule has 0 amide bonds. The average molecular weight is 331 g/mol. The van der Waals surface area contributed by atoms with E-state index in [9.17, 15) is 9.50 Å². The Morgan fingerprint density at radius 1 is 1.33 bits per heavy atom. The van der Waals surface area contributed by atoms with Crippen LogP contribution in [0.1, 0.15) is 35.4 Å². The highest BCUT2D eigenvalue weighted by molar-refractivity contribution is 5.30. The van der Waals surface area contributed by atoms with E-state index in [1.807, 2.05) is 10.9 Å². The Bertz CT molecular complexity index is 738. The van der Waals surface area contributed by atoms with Gasteiger partial charge in [0, 0.05) is 37.4 Å². The summed E-state index contributed by atoms with van der Waals surface area (Å²) in [5.74, 6) is -0.246. The van der Waals surface area contributed by atoms with Crippen LogP contribution in [-0.4, -0.2) is 34.4 Å². The van der Waals surface area contributed by atoms with Gasteiger partial charge in [0.25, 0.3) is 0 Å². The number of fused-ring (bicyclic) bond motifs is 2. The average Bonchev–Trinajstić information content (AvgIpc) is 3.02. The van der Waals surface area contributed by atoms with E-state index in [1.54, 1.807) is 12.1 Å². The smallest absolute Gasteiger partial charge is 0.128 e. The Morgan fingerprint density at radius 3 is 2.96 bits per heavy atom. The number of ether oxygens (including phenoxy) is 1. The van der Waals surface area contributed by atoms with Gasteiger partial charge in [0.1, 0.15) is 5.82 Å². The number of hydrogen-bond donors (Lipinski definition) is 2. The lowest BCUT2D eigenvalue weighted by atomic mass is 9.82. The van der Waals surface area contributed by atoms with Gasteiger partial charge in [-0.15, -0.1) is 0 Å². The molecule has 1 fully saturated rings. The minimum Gasteiger partial charge on any atom is -0.392 e.